The lowest BCUT2D eigenvalue weighted by molar-refractivity contribution is 0.0600. The number of hydrogen-bond acceptors (Lipinski definition) is 4. The minimum atomic E-state index is -0.369. The van der Waals surface area contributed by atoms with E-state index in [1.165, 1.54) is 7.11 Å². The van der Waals surface area contributed by atoms with E-state index in [0.717, 1.165) is 47.0 Å². The number of methoxy groups -OCH3 is 1. The maximum atomic E-state index is 13.4. The molecular weight excluding hydrogens is 420 g/mol. The van der Waals surface area contributed by atoms with Crippen molar-refractivity contribution in [3.63, 3.8) is 0 Å². The van der Waals surface area contributed by atoms with E-state index in [-0.39, 0.29) is 12.0 Å². The Morgan fingerprint density at radius 1 is 0.875 bits per heavy atom. The summed E-state index contributed by atoms with van der Waals surface area (Å²) in [5.41, 5.74) is 4.55. The predicted molar refractivity (Wildman–Crippen MR) is 130 cm³/mol. The molecule has 164 valence electrons. The van der Waals surface area contributed by atoms with Gasteiger partial charge < -0.3 is 9.64 Å². The Bertz CT molecular complexity index is 1050. The van der Waals surface area contributed by atoms with Crippen LogP contribution in [0, 0.1) is 0 Å². The maximum Gasteiger partial charge on any atom is 0.337 e. The molecule has 0 atom stereocenters. The molecule has 1 fully saturated rings. The molecule has 2 amide bonds. The third kappa shape index (κ3) is 5.14. The van der Waals surface area contributed by atoms with E-state index in [1.807, 2.05) is 64.0 Å². The highest BCUT2D eigenvalue weighted by atomic mass is 32.2. The molecule has 6 heteroatoms. The lowest BCUT2D eigenvalue weighted by Crippen LogP contribution is -2.46. The van der Waals surface area contributed by atoms with Gasteiger partial charge in [0.1, 0.15) is 0 Å². The smallest absolute Gasteiger partial charge is 0.337 e. The number of ether oxygens (including phenoxy) is 1. The number of anilines is 1. The van der Waals surface area contributed by atoms with Crippen molar-refractivity contribution in [2.24, 2.45) is 0 Å². The van der Waals surface area contributed by atoms with Crippen molar-refractivity contribution in [1.82, 2.24) is 4.90 Å². The van der Waals surface area contributed by atoms with Crippen LogP contribution in [0.3, 0.4) is 0 Å². The first-order chi connectivity index (χ1) is 15.7. The van der Waals surface area contributed by atoms with Gasteiger partial charge in [-0.1, -0.05) is 54.6 Å². The summed E-state index contributed by atoms with van der Waals surface area (Å²) in [6.45, 7) is 1.93. The Kier molecular flexibility index (Phi) is 7.12. The van der Waals surface area contributed by atoms with Crippen LogP contribution in [0.25, 0.3) is 11.1 Å². The van der Waals surface area contributed by atoms with Gasteiger partial charge >= 0.3 is 12.0 Å². The van der Waals surface area contributed by atoms with E-state index in [4.69, 9.17) is 4.74 Å². The number of thioether (sulfide) groups is 1. The molecule has 1 saturated heterocycles. The summed E-state index contributed by atoms with van der Waals surface area (Å²) in [5, 5.41) is 0. The zero-order chi connectivity index (χ0) is 22.3. The van der Waals surface area contributed by atoms with Crippen LogP contribution in [0.15, 0.2) is 78.9 Å². The number of carbonyl (C=O) groups is 2. The second-order valence-electron chi connectivity index (χ2n) is 7.57. The second-order valence-corrected chi connectivity index (χ2v) is 8.79. The molecule has 0 spiro atoms. The van der Waals surface area contributed by atoms with E-state index in [1.54, 1.807) is 12.1 Å². The van der Waals surface area contributed by atoms with Gasteiger partial charge in [0.05, 0.1) is 19.2 Å². The summed E-state index contributed by atoms with van der Waals surface area (Å²) in [7, 11) is 1.37. The van der Waals surface area contributed by atoms with Gasteiger partial charge in [0.2, 0.25) is 0 Å². The summed E-state index contributed by atoms with van der Waals surface area (Å²) in [5.74, 6) is 1.55. The molecule has 0 N–H and O–H groups in total. The van der Waals surface area contributed by atoms with Gasteiger partial charge in [-0.2, -0.15) is 11.8 Å². The quantitative estimate of drug-likeness (QED) is 0.498. The molecule has 0 unspecified atom stereocenters. The fourth-order valence-corrected chi connectivity index (χ4v) is 4.61. The summed E-state index contributed by atoms with van der Waals surface area (Å²) < 4.78 is 4.78. The number of esters is 1. The average Bonchev–Trinajstić information content (AvgIpc) is 2.88. The van der Waals surface area contributed by atoms with Crippen molar-refractivity contribution in [2.45, 2.75) is 6.54 Å². The van der Waals surface area contributed by atoms with Gasteiger partial charge in [-0.3, -0.25) is 4.90 Å². The SMILES string of the molecule is COC(=O)c1ccc(CN(C(=O)N2CCSCC2)c2ccc(-c3ccccc3)cc2)cc1. The first-order valence-corrected chi connectivity index (χ1v) is 11.8. The standard InChI is InChI=1S/C26H26N2O3S/c1-31-25(29)23-9-7-20(8-10-23)19-28(26(30)27-15-17-32-18-16-27)24-13-11-22(12-14-24)21-5-3-2-4-6-21/h2-14H,15-19H2,1H3. The molecule has 1 aliphatic heterocycles. The molecular formula is C26H26N2O3S. The van der Waals surface area contributed by atoms with Crippen LogP contribution in [0.5, 0.6) is 0 Å². The number of hydrogen-bond donors (Lipinski definition) is 0. The Labute approximate surface area is 193 Å². The summed E-state index contributed by atoms with van der Waals surface area (Å²) in [6, 6.07) is 25.5. The molecule has 1 aliphatic rings. The fraction of sp³-hybridized carbons (Fsp3) is 0.231. The third-order valence-corrected chi connectivity index (χ3v) is 6.46. The molecule has 0 bridgehead atoms. The molecule has 0 radical (unpaired) electrons. The average molecular weight is 447 g/mol. The fourth-order valence-electron chi connectivity index (χ4n) is 3.71. The zero-order valence-electron chi connectivity index (χ0n) is 18.1. The zero-order valence-corrected chi connectivity index (χ0v) is 18.9. The lowest BCUT2D eigenvalue weighted by Gasteiger charge is -2.33. The molecule has 1 heterocycles. The number of nitrogens with zero attached hydrogens (tertiary/aromatic N) is 2. The number of amides is 2. The van der Waals surface area contributed by atoms with E-state index in [0.29, 0.717) is 12.1 Å². The monoisotopic (exact) mass is 446 g/mol. The Hall–Kier alpha value is -3.25. The number of benzene rings is 3. The van der Waals surface area contributed by atoms with Crippen molar-refractivity contribution in [3.8, 4) is 11.1 Å². The van der Waals surface area contributed by atoms with Crippen LogP contribution >= 0.6 is 11.8 Å². The first-order valence-electron chi connectivity index (χ1n) is 10.6. The van der Waals surface area contributed by atoms with E-state index in [2.05, 4.69) is 24.3 Å². The van der Waals surface area contributed by atoms with Gasteiger partial charge in [-0.05, 0) is 41.0 Å². The minimum Gasteiger partial charge on any atom is -0.465 e. The van der Waals surface area contributed by atoms with Gasteiger partial charge in [-0.15, -0.1) is 0 Å². The number of rotatable bonds is 5. The molecule has 4 rings (SSSR count). The van der Waals surface area contributed by atoms with Gasteiger partial charge in [0.15, 0.2) is 0 Å². The van der Waals surface area contributed by atoms with Crippen molar-refractivity contribution in [2.75, 3.05) is 36.6 Å². The van der Waals surface area contributed by atoms with Crippen LogP contribution in [0.2, 0.25) is 0 Å². The second kappa shape index (κ2) is 10.4. The van der Waals surface area contributed by atoms with E-state index in [9.17, 15) is 9.59 Å². The molecule has 3 aromatic rings. The Morgan fingerprint density at radius 3 is 2.12 bits per heavy atom. The van der Waals surface area contributed by atoms with Crippen molar-refractivity contribution in [1.29, 1.82) is 0 Å². The Morgan fingerprint density at radius 2 is 1.50 bits per heavy atom. The number of carbonyl (C=O) groups excluding carboxylic acids is 2. The number of urea groups is 1. The molecule has 0 aliphatic carbocycles. The first kappa shape index (κ1) is 22.0. The predicted octanol–water partition coefficient (Wildman–Crippen LogP) is 5.32. The molecule has 32 heavy (non-hydrogen) atoms. The highest BCUT2D eigenvalue weighted by Gasteiger charge is 2.24. The normalized spacial score (nSPS) is 13.5. The van der Waals surface area contributed by atoms with Gasteiger partial charge in [-0.25, -0.2) is 9.59 Å². The molecule has 0 aromatic heterocycles. The minimum absolute atomic E-state index is 0.00908. The van der Waals surface area contributed by atoms with Crippen LogP contribution in [0.1, 0.15) is 15.9 Å². The van der Waals surface area contributed by atoms with E-state index >= 15 is 0 Å². The third-order valence-electron chi connectivity index (χ3n) is 5.51. The van der Waals surface area contributed by atoms with Gasteiger partial charge in [0.25, 0.3) is 0 Å². The summed E-state index contributed by atoms with van der Waals surface area (Å²) in [4.78, 5) is 28.9. The largest absolute Gasteiger partial charge is 0.465 e. The highest BCUT2D eigenvalue weighted by molar-refractivity contribution is 7.99. The highest BCUT2D eigenvalue weighted by Crippen LogP contribution is 2.26. The van der Waals surface area contributed by atoms with E-state index < -0.39 is 0 Å². The lowest BCUT2D eigenvalue weighted by atomic mass is 10.1. The van der Waals surface area contributed by atoms with Crippen LogP contribution in [-0.4, -0.2) is 48.6 Å². The molecule has 3 aromatic carbocycles. The van der Waals surface area contributed by atoms with Crippen molar-refractivity contribution >= 4 is 29.4 Å². The van der Waals surface area contributed by atoms with Crippen molar-refractivity contribution < 1.29 is 14.3 Å². The Balaban J connectivity index is 1.60. The van der Waals surface area contributed by atoms with Crippen molar-refractivity contribution in [3.05, 3.63) is 90.0 Å². The topological polar surface area (TPSA) is 49.9 Å². The van der Waals surface area contributed by atoms with Crippen LogP contribution < -0.4 is 4.90 Å². The summed E-state index contributed by atoms with van der Waals surface area (Å²) >= 11 is 1.88. The van der Waals surface area contributed by atoms with Crippen LogP contribution in [0.4, 0.5) is 10.5 Å². The van der Waals surface area contributed by atoms with Crippen LogP contribution in [-0.2, 0) is 11.3 Å². The molecule has 0 saturated carbocycles. The molecule has 5 nitrogen and oxygen atoms in total. The summed E-state index contributed by atoms with van der Waals surface area (Å²) in [6.07, 6.45) is 0. The maximum absolute atomic E-state index is 13.4. The van der Waals surface area contributed by atoms with Gasteiger partial charge in [0, 0.05) is 30.3 Å².